The summed E-state index contributed by atoms with van der Waals surface area (Å²) in [6.07, 6.45) is 7.73. The van der Waals surface area contributed by atoms with Crippen LogP contribution in [0.15, 0.2) is 71.5 Å². The molecule has 208 valence electrons. The number of benzene rings is 2. The van der Waals surface area contributed by atoms with Crippen LogP contribution in [0.4, 0.5) is 5.82 Å². The van der Waals surface area contributed by atoms with Crippen LogP contribution in [0.5, 0.6) is 0 Å². The van der Waals surface area contributed by atoms with Crippen LogP contribution in [-0.4, -0.2) is 52.3 Å². The predicted molar refractivity (Wildman–Crippen MR) is 162 cm³/mol. The molecule has 7 nitrogen and oxygen atoms in total. The largest absolute Gasteiger partial charge is 0.354 e. The molecule has 1 fully saturated rings. The highest BCUT2D eigenvalue weighted by atomic mass is 16.1. The van der Waals surface area contributed by atoms with E-state index in [1.54, 1.807) is 0 Å². The minimum absolute atomic E-state index is 0.0390. The van der Waals surface area contributed by atoms with Gasteiger partial charge in [-0.3, -0.25) is 9.69 Å². The van der Waals surface area contributed by atoms with Crippen molar-refractivity contribution in [1.29, 1.82) is 0 Å². The van der Waals surface area contributed by atoms with Crippen LogP contribution >= 0.6 is 0 Å². The van der Waals surface area contributed by atoms with E-state index in [4.69, 9.17) is 15.8 Å². The fraction of sp³-hybridized carbons (Fsp3) is 0.424. The second-order valence-corrected chi connectivity index (χ2v) is 11.4. The van der Waals surface area contributed by atoms with Crippen LogP contribution in [-0.2, 0) is 25.7 Å². The third-order valence-corrected chi connectivity index (χ3v) is 8.74. The summed E-state index contributed by atoms with van der Waals surface area (Å²) in [4.78, 5) is 27.8. The Morgan fingerprint density at radius 2 is 1.65 bits per heavy atom. The van der Waals surface area contributed by atoms with Gasteiger partial charge in [0.05, 0.1) is 11.2 Å². The first kappa shape index (κ1) is 26.5. The number of rotatable bonds is 9. The van der Waals surface area contributed by atoms with E-state index in [0.717, 1.165) is 113 Å². The molecule has 2 aromatic heterocycles. The Labute approximate surface area is 236 Å². The lowest BCUT2D eigenvalue weighted by Crippen LogP contribution is -2.46. The molecule has 1 unspecified atom stereocenters. The van der Waals surface area contributed by atoms with Crippen molar-refractivity contribution in [2.24, 2.45) is 5.92 Å². The highest BCUT2D eigenvalue weighted by Crippen LogP contribution is 2.26. The average Bonchev–Trinajstić information content (AvgIpc) is 3.01. The summed E-state index contributed by atoms with van der Waals surface area (Å²) >= 11 is 0. The third-order valence-electron chi connectivity index (χ3n) is 8.74. The number of fused-ring (bicyclic) bond motifs is 2. The number of piperazine rings is 1. The Hall–Kier alpha value is -3.71. The summed E-state index contributed by atoms with van der Waals surface area (Å²) in [6.45, 7) is 5.12. The summed E-state index contributed by atoms with van der Waals surface area (Å²) in [5.41, 5.74) is 4.20. The Morgan fingerprint density at radius 1 is 0.850 bits per heavy atom. The van der Waals surface area contributed by atoms with Gasteiger partial charge in [0, 0.05) is 43.5 Å². The van der Waals surface area contributed by atoms with Gasteiger partial charge in [-0.1, -0.05) is 48.5 Å². The van der Waals surface area contributed by atoms with Gasteiger partial charge in [0.15, 0.2) is 0 Å². The molecule has 0 spiro atoms. The molecule has 7 heteroatoms. The van der Waals surface area contributed by atoms with Crippen LogP contribution in [0.3, 0.4) is 0 Å². The summed E-state index contributed by atoms with van der Waals surface area (Å²) in [7, 11) is 0. The number of nitrogens with two attached hydrogens (primary N) is 1. The maximum atomic E-state index is 13.1. The Morgan fingerprint density at radius 3 is 2.50 bits per heavy atom. The van der Waals surface area contributed by atoms with Gasteiger partial charge in [0.2, 0.25) is 0 Å². The van der Waals surface area contributed by atoms with Crippen LogP contribution in [0.2, 0.25) is 0 Å². The van der Waals surface area contributed by atoms with Gasteiger partial charge >= 0.3 is 0 Å². The van der Waals surface area contributed by atoms with Crippen molar-refractivity contribution >= 4 is 16.7 Å². The molecule has 3 heterocycles. The molecule has 6 rings (SSSR count). The molecular weight excluding hydrogens is 496 g/mol. The molecule has 2 N–H and O–H groups in total. The van der Waals surface area contributed by atoms with Crippen molar-refractivity contribution in [2.45, 2.75) is 51.4 Å². The lowest BCUT2D eigenvalue weighted by Gasteiger charge is -2.35. The number of hydrogen-bond donors (Lipinski definition) is 1. The van der Waals surface area contributed by atoms with Gasteiger partial charge in [0.1, 0.15) is 11.6 Å². The van der Waals surface area contributed by atoms with Gasteiger partial charge in [-0.15, -0.1) is 0 Å². The molecule has 1 aliphatic heterocycles. The molecule has 40 heavy (non-hydrogen) atoms. The fourth-order valence-corrected chi connectivity index (χ4v) is 6.30. The number of pyridine rings is 1. The fourth-order valence-electron chi connectivity index (χ4n) is 6.30. The van der Waals surface area contributed by atoms with Crippen molar-refractivity contribution in [3.8, 4) is 0 Å². The van der Waals surface area contributed by atoms with Crippen LogP contribution < -0.4 is 16.3 Å². The molecular formula is C33H40N6O. The van der Waals surface area contributed by atoms with E-state index in [1.165, 1.54) is 15.6 Å². The highest BCUT2D eigenvalue weighted by Gasteiger charge is 2.24. The average molecular weight is 537 g/mol. The summed E-state index contributed by atoms with van der Waals surface area (Å²) in [6, 6.07) is 23.2. The van der Waals surface area contributed by atoms with E-state index in [2.05, 4.69) is 70.5 Å². The molecule has 1 atom stereocenters. The van der Waals surface area contributed by atoms with E-state index >= 15 is 0 Å². The normalized spacial score (nSPS) is 17.7. The third kappa shape index (κ3) is 6.04. The number of anilines is 1. The Kier molecular flexibility index (Phi) is 8.09. The molecule has 0 radical (unpaired) electrons. The first-order valence-electron chi connectivity index (χ1n) is 14.9. The zero-order valence-electron chi connectivity index (χ0n) is 23.3. The molecule has 4 aromatic rings. The number of nitrogen functional groups attached to an aromatic ring is 1. The van der Waals surface area contributed by atoms with Crippen molar-refractivity contribution in [3.63, 3.8) is 0 Å². The molecule has 2 aliphatic rings. The van der Waals surface area contributed by atoms with E-state index in [-0.39, 0.29) is 5.56 Å². The van der Waals surface area contributed by atoms with E-state index < -0.39 is 0 Å². The van der Waals surface area contributed by atoms with Crippen LogP contribution in [0, 0.1) is 5.92 Å². The topological polar surface area (TPSA) is 80.3 Å². The number of nitrogens with zero attached hydrogens (tertiary/aromatic N) is 5. The standard InChI is InChI=1S/C33H40N6O/c34-39-32(36-30-17-15-26(24-28(30)33(39)40)14-13-25-8-2-1-3-9-25)12-6-7-19-37-20-22-38(23-21-37)31-18-16-27-10-4-5-11-29(27)35-31/h1-5,8-11,16,18,26H,6-7,12-15,17,19-24,34H2. The second kappa shape index (κ2) is 12.2. The lowest BCUT2D eigenvalue weighted by atomic mass is 9.83. The van der Waals surface area contributed by atoms with Gasteiger partial charge in [-0.25, -0.2) is 14.6 Å². The van der Waals surface area contributed by atoms with Crippen molar-refractivity contribution in [3.05, 3.63) is 99.7 Å². The van der Waals surface area contributed by atoms with E-state index in [0.29, 0.717) is 5.92 Å². The summed E-state index contributed by atoms with van der Waals surface area (Å²) in [5.74, 6) is 8.59. The first-order valence-corrected chi connectivity index (χ1v) is 14.9. The molecule has 0 saturated carbocycles. The SMILES string of the molecule is Nn1c(CCCCN2CCN(c3ccc4ccccc4n3)CC2)nc2c(c1=O)CC(CCc1ccccc1)CC2. The number of aromatic nitrogens is 3. The minimum atomic E-state index is -0.0390. The molecule has 1 saturated heterocycles. The molecule has 0 bridgehead atoms. The van der Waals surface area contributed by atoms with Gasteiger partial charge in [-0.2, -0.15) is 0 Å². The van der Waals surface area contributed by atoms with Gasteiger partial charge in [-0.05, 0) is 81.2 Å². The smallest absolute Gasteiger partial charge is 0.275 e. The summed E-state index contributed by atoms with van der Waals surface area (Å²) < 4.78 is 1.33. The first-order chi connectivity index (χ1) is 19.6. The molecule has 2 aromatic carbocycles. The number of aryl methyl sites for hydroxylation is 3. The van der Waals surface area contributed by atoms with Gasteiger partial charge in [0.25, 0.3) is 5.56 Å². The van der Waals surface area contributed by atoms with Crippen molar-refractivity contribution in [2.75, 3.05) is 43.5 Å². The lowest BCUT2D eigenvalue weighted by molar-refractivity contribution is 0.252. The maximum Gasteiger partial charge on any atom is 0.275 e. The van der Waals surface area contributed by atoms with Crippen LogP contribution in [0.25, 0.3) is 10.9 Å². The summed E-state index contributed by atoms with van der Waals surface area (Å²) in [5, 5.41) is 1.18. The second-order valence-electron chi connectivity index (χ2n) is 11.4. The zero-order chi connectivity index (χ0) is 27.3. The van der Waals surface area contributed by atoms with E-state index in [9.17, 15) is 4.79 Å². The van der Waals surface area contributed by atoms with Crippen molar-refractivity contribution in [1.82, 2.24) is 19.5 Å². The Bertz CT molecular complexity index is 1490. The predicted octanol–water partition coefficient (Wildman–Crippen LogP) is 4.39. The van der Waals surface area contributed by atoms with Crippen molar-refractivity contribution < 1.29 is 0 Å². The number of hydrogen-bond acceptors (Lipinski definition) is 6. The van der Waals surface area contributed by atoms with E-state index in [1.807, 2.05) is 6.07 Å². The number of unbranched alkanes of at least 4 members (excludes halogenated alkanes) is 1. The monoisotopic (exact) mass is 536 g/mol. The Balaban J connectivity index is 0.964. The highest BCUT2D eigenvalue weighted by molar-refractivity contribution is 5.80. The molecule has 1 aliphatic carbocycles. The number of para-hydroxylation sites is 1. The quantitative estimate of drug-likeness (QED) is 0.253. The molecule has 0 amide bonds. The minimum Gasteiger partial charge on any atom is -0.354 e. The zero-order valence-corrected chi connectivity index (χ0v) is 23.3. The van der Waals surface area contributed by atoms with Gasteiger partial charge < -0.3 is 10.7 Å². The maximum absolute atomic E-state index is 13.1. The van der Waals surface area contributed by atoms with Crippen LogP contribution in [0.1, 0.15) is 48.3 Å².